The summed E-state index contributed by atoms with van der Waals surface area (Å²) in [5.74, 6) is -0.453. The molecule has 0 atom stereocenters. The summed E-state index contributed by atoms with van der Waals surface area (Å²) in [4.78, 5) is 28.2. The number of hydrogen-bond acceptors (Lipinski definition) is 6. The third-order valence-electron chi connectivity index (χ3n) is 4.76. The van der Waals surface area contributed by atoms with Crippen LogP contribution >= 0.6 is 12.2 Å². The van der Waals surface area contributed by atoms with Gasteiger partial charge in [0, 0.05) is 5.56 Å². The van der Waals surface area contributed by atoms with E-state index in [0.29, 0.717) is 17.0 Å². The number of para-hydroxylation sites is 1. The minimum absolute atomic E-state index is 0.131. The van der Waals surface area contributed by atoms with E-state index in [4.69, 9.17) is 27.0 Å². The first-order valence-corrected chi connectivity index (χ1v) is 10.0. The number of carbonyl (C=O) groups is 2. The zero-order chi connectivity index (χ0) is 22.4. The first kappa shape index (κ1) is 22.0. The van der Waals surface area contributed by atoms with Gasteiger partial charge in [-0.05, 0) is 48.5 Å². The van der Waals surface area contributed by atoms with Gasteiger partial charge in [0.2, 0.25) is 0 Å². The Labute approximate surface area is 186 Å². The third kappa shape index (κ3) is 4.73. The SMILES string of the molecule is CCc1ccc(N2C(=O)/C(=C/c3ccccc3OCC#N)N(CC(=O)OC)C2=S)cc1. The lowest BCUT2D eigenvalue weighted by molar-refractivity contribution is -0.140. The molecule has 0 aliphatic carbocycles. The molecule has 1 heterocycles. The zero-order valence-corrected chi connectivity index (χ0v) is 18.0. The number of thiocarbonyl (C=S) groups is 1. The Kier molecular flexibility index (Phi) is 7.00. The van der Waals surface area contributed by atoms with Crippen molar-refractivity contribution in [3.05, 3.63) is 65.4 Å². The number of methoxy groups -OCH3 is 1. The molecule has 7 nitrogen and oxygen atoms in total. The Morgan fingerprint density at radius 2 is 1.90 bits per heavy atom. The highest BCUT2D eigenvalue weighted by Crippen LogP contribution is 2.31. The molecule has 0 saturated carbocycles. The molecule has 1 amide bonds. The van der Waals surface area contributed by atoms with Crippen molar-refractivity contribution in [2.24, 2.45) is 0 Å². The van der Waals surface area contributed by atoms with Crippen molar-refractivity contribution in [3.8, 4) is 11.8 Å². The van der Waals surface area contributed by atoms with Crippen molar-refractivity contribution in [2.75, 3.05) is 25.2 Å². The van der Waals surface area contributed by atoms with Gasteiger partial charge in [0.25, 0.3) is 5.91 Å². The molecule has 2 aromatic carbocycles. The fraction of sp³-hybridized carbons (Fsp3) is 0.217. The topological polar surface area (TPSA) is 82.9 Å². The van der Waals surface area contributed by atoms with Crippen LogP contribution in [-0.2, 0) is 20.7 Å². The third-order valence-corrected chi connectivity index (χ3v) is 5.16. The van der Waals surface area contributed by atoms with Crippen LogP contribution in [0.5, 0.6) is 5.75 Å². The number of nitriles is 1. The summed E-state index contributed by atoms with van der Waals surface area (Å²) in [7, 11) is 1.28. The second kappa shape index (κ2) is 9.87. The molecule has 31 heavy (non-hydrogen) atoms. The smallest absolute Gasteiger partial charge is 0.325 e. The quantitative estimate of drug-likeness (QED) is 0.375. The molecule has 1 saturated heterocycles. The van der Waals surface area contributed by atoms with E-state index in [1.54, 1.807) is 30.3 Å². The lowest BCUT2D eigenvalue weighted by Gasteiger charge is -2.19. The molecular formula is C23H21N3O4S. The molecule has 0 N–H and O–H groups in total. The summed E-state index contributed by atoms with van der Waals surface area (Å²) in [5, 5.41) is 9.00. The summed E-state index contributed by atoms with van der Waals surface area (Å²) < 4.78 is 10.2. The molecule has 8 heteroatoms. The van der Waals surface area contributed by atoms with Crippen LogP contribution in [0, 0.1) is 11.3 Å². The van der Waals surface area contributed by atoms with Gasteiger partial charge in [0.1, 0.15) is 24.1 Å². The Hall–Kier alpha value is -3.70. The van der Waals surface area contributed by atoms with Gasteiger partial charge < -0.3 is 14.4 Å². The van der Waals surface area contributed by atoms with Crippen LogP contribution in [0.3, 0.4) is 0 Å². The normalized spacial score (nSPS) is 14.7. The monoisotopic (exact) mass is 435 g/mol. The number of hydrogen-bond donors (Lipinski definition) is 0. The first-order chi connectivity index (χ1) is 15.0. The van der Waals surface area contributed by atoms with Crippen LogP contribution in [0.2, 0.25) is 0 Å². The van der Waals surface area contributed by atoms with Gasteiger partial charge in [-0.25, -0.2) is 0 Å². The maximum atomic E-state index is 13.4. The number of aryl methyl sites for hydroxylation is 1. The maximum absolute atomic E-state index is 13.4. The Morgan fingerprint density at radius 1 is 1.19 bits per heavy atom. The van der Waals surface area contributed by atoms with Gasteiger partial charge >= 0.3 is 5.97 Å². The maximum Gasteiger partial charge on any atom is 0.325 e. The first-order valence-electron chi connectivity index (χ1n) is 9.62. The van der Waals surface area contributed by atoms with Crippen molar-refractivity contribution in [1.82, 2.24) is 4.90 Å². The number of amides is 1. The van der Waals surface area contributed by atoms with E-state index in [9.17, 15) is 9.59 Å². The summed E-state index contributed by atoms with van der Waals surface area (Å²) in [6, 6.07) is 16.5. The molecule has 1 fully saturated rings. The average molecular weight is 436 g/mol. The number of rotatable bonds is 7. The van der Waals surface area contributed by atoms with Crippen LogP contribution in [-0.4, -0.2) is 42.2 Å². The average Bonchev–Trinajstić information content (AvgIpc) is 3.02. The van der Waals surface area contributed by atoms with E-state index in [1.165, 1.54) is 16.9 Å². The molecule has 0 aromatic heterocycles. The van der Waals surface area contributed by atoms with Gasteiger partial charge in [0.05, 0.1) is 12.8 Å². The lowest BCUT2D eigenvalue weighted by Crippen LogP contribution is -2.35. The van der Waals surface area contributed by atoms with Gasteiger partial charge in [0.15, 0.2) is 11.7 Å². The number of anilines is 1. The highest BCUT2D eigenvalue weighted by atomic mass is 32.1. The van der Waals surface area contributed by atoms with Gasteiger partial charge in [-0.15, -0.1) is 0 Å². The Balaban J connectivity index is 2.05. The molecule has 1 aliphatic heterocycles. The number of benzene rings is 2. The number of nitrogens with zero attached hydrogens (tertiary/aromatic N) is 3. The second-order valence-corrected chi connectivity index (χ2v) is 6.98. The predicted molar refractivity (Wildman–Crippen MR) is 120 cm³/mol. The minimum Gasteiger partial charge on any atom is -0.478 e. The molecule has 3 rings (SSSR count). The molecule has 1 aliphatic rings. The number of ether oxygens (including phenoxy) is 2. The van der Waals surface area contributed by atoms with E-state index in [1.807, 2.05) is 37.3 Å². The van der Waals surface area contributed by atoms with E-state index in [-0.39, 0.29) is 29.9 Å². The van der Waals surface area contributed by atoms with Crippen LogP contribution < -0.4 is 9.64 Å². The van der Waals surface area contributed by atoms with E-state index in [0.717, 1.165) is 12.0 Å². The summed E-state index contributed by atoms with van der Waals surface area (Å²) >= 11 is 5.55. The molecule has 0 unspecified atom stereocenters. The van der Waals surface area contributed by atoms with Crippen LogP contribution in [0.15, 0.2) is 54.2 Å². The predicted octanol–water partition coefficient (Wildman–Crippen LogP) is 3.30. The largest absolute Gasteiger partial charge is 0.478 e. The zero-order valence-electron chi connectivity index (χ0n) is 17.2. The fourth-order valence-electron chi connectivity index (χ4n) is 3.12. The summed E-state index contributed by atoms with van der Waals surface area (Å²) in [6.45, 7) is 1.71. The fourth-order valence-corrected chi connectivity index (χ4v) is 3.47. The Morgan fingerprint density at radius 3 is 2.55 bits per heavy atom. The van der Waals surface area contributed by atoms with Crippen molar-refractivity contribution in [1.29, 1.82) is 5.26 Å². The van der Waals surface area contributed by atoms with Crippen molar-refractivity contribution >= 4 is 41.0 Å². The van der Waals surface area contributed by atoms with Crippen molar-refractivity contribution in [3.63, 3.8) is 0 Å². The van der Waals surface area contributed by atoms with Gasteiger partial charge in [-0.1, -0.05) is 37.3 Å². The van der Waals surface area contributed by atoms with Crippen LogP contribution in [0.1, 0.15) is 18.1 Å². The number of carbonyl (C=O) groups excluding carboxylic acids is 2. The molecule has 0 spiro atoms. The highest BCUT2D eigenvalue weighted by molar-refractivity contribution is 7.80. The molecule has 0 radical (unpaired) electrons. The summed E-state index contributed by atoms with van der Waals surface area (Å²) in [6.07, 6.45) is 2.47. The molecule has 158 valence electrons. The standard InChI is InChI=1S/C23H21N3O4S/c1-3-16-8-10-18(11-9-16)26-22(28)19(25(23(26)31)15-21(27)29-2)14-17-6-4-5-7-20(17)30-13-12-24/h4-11,14H,3,13,15H2,1-2H3/b19-14-. The second-order valence-electron chi connectivity index (χ2n) is 6.62. The highest BCUT2D eigenvalue weighted by Gasteiger charge is 2.40. The Bertz CT molecular complexity index is 1070. The van der Waals surface area contributed by atoms with Crippen molar-refractivity contribution in [2.45, 2.75) is 13.3 Å². The summed E-state index contributed by atoms with van der Waals surface area (Å²) in [5.41, 5.74) is 2.54. The molecule has 2 aromatic rings. The van der Waals surface area contributed by atoms with E-state index < -0.39 is 5.97 Å². The number of esters is 1. The van der Waals surface area contributed by atoms with E-state index >= 15 is 0 Å². The molecular weight excluding hydrogens is 414 g/mol. The van der Waals surface area contributed by atoms with Crippen LogP contribution in [0.25, 0.3) is 6.08 Å². The van der Waals surface area contributed by atoms with Gasteiger partial charge in [-0.3, -0.25) is 14.5 Å². The molecule has 0 bridgehead atoms. The van der Waals surface area contributed by atoms with Crippen LogP contribution in [0.4, 0.5) is 5.69 Å². The van der Waals surface area contributed by atoms with Crippen molar-refractivity contribution < 1.29 is 19.1 Å². The van der Waals surface area contributed by atoms with Gasteiger partial charge in [-0.2, -0.15) is 5.26 Å². The lowest BCUT2D eigenvalue weighted by atomic mass is 10.1. The minimum atomic E-state index is -0.529. The van der Waals surface area contributed by atoms with E-state index in [2.05, 4.69) is 0 Å².